The Kier molecular flexibility index (Phi) is 8.34. The van der Waals surface area contributed by atoms with Crippen LogP contribution in [0.3, 0.4) is 0 Å². The van der Waals surface area contributed by atoms with Crippen molar-refractivity contribution in [1.82, 2.24) is 10.6 Å². The lowest BCUT2D eigenvalue weighted by Crippen LogP contribution is -2.40. The third-order valence-corrected chi connectivity index (χ3v) is 5.48. The summed E-state index contributed by atoms with van der Waals surface area (Å²) in [5, 5.41) is 6.07. The van der Waals surface area contributed by atoms with E-state index in [1.807, 2.05) is 6.92 Å². The van der Waals surface area contributed by atoms with Crippen molar-refractivity contribution in [3.8, 4) is 0 Å². The van der Waals surface area contributed by atoms with Crippen LogP contribution >= 0.6 is 24.0 Å². The minimum atomic E-state index is -2.91. The lowest BCUT2D eigenvalue weighted by Gasteiger charge is -2.14. The Bertz CT molecular complexity index is 683. The topological polar surface area (TPSA) is 70.6 Å². The number of halogens is 3. The van der Waals surface area contributed by atoms with Crippen LogP contribution in [0.4, 0.5) is 8.78 Å². The smallest absolute Gasteiger partial charge is 0.191 e. The highest BCUT2D eigenvalue weighted by Gasteiger charge is 2.27. The second kappa shape index (κ2) is 9.50. The van der Waals surface area contributed by atoms with Gasteiger partial charge in [-0.15, -0.1) is 24.0 Å². The van der Waals surface area contributed by atoms with E-state index >= 15 is 0 Å². The number of hydrogen-bond acceptors (Lipinski definition) is 3. The van der Waals surface area contributed by atoms with Crippen LogP contribution in [0.15, 0.2) is 23.2 Å². The fourth-order valence-corrected chi connectivity index (χ4v) is 4.31. The number of sulfone groups is 1. The first-order chi connectivity index (χ1) is 10.9. The molecule has 0 aliphatic carbocycles. The van der Waals surface area contributed by atoms with Crippen LogP contribution in [0, 0.1) is 17.6 Å². The molecule has 0 saturated carbocycles. The molecule has 1 aromatic carbocycles. The van der Waals surface area contributed by atoms with Crippen molar-refractivity contribution in [2.45, 2.75) is 19.9 Å². The van der Waals surface area contributed by atoms with Crippen molar-refractivity contribution >= 4 is 39.8 Å². The number of aliphatic imine (C=N–C) groups is 1. The molecule has 2 N–H and O–H groups in total. The molecule has 1 unspecified atom stereocenters. The summed E-state index contributed by atoms with van der Waals surface area (Å²) in [6.45, 7) is 2.99. The number of benzene rings is 1. The van der Waals surface area contributed by atoms with Gasteiger partial charge in [0.1, 0.15) is 11.6 Å². The van der Waals surface area contributed by atoms with Crippen LogP contribution < -0.4 is 10.6 Å². The summed E-state index contributed by atoms with van der Waals surface area (Å²) < 4.78 is 49.6. The van der Waals surface area contributed by atoms with Gasteiger partial charge in [-0.3, -0.25) is 0 Å². The first-order valence-corrected chi connectivity index (χ1v) is 9.38. The second-order valence-corrected chi connectivity index (χ2v) is 7.81. The molecule has 0 radical (unpaired) electrons. The van der Waals surface area contributed by atoms with Gasteiger partial charge in [-0.25, -0.2) is 22.2 Å². The van der Waals surface area contributed by atoms with Crippen molar-refractivity contribution in [2.24, 2.45) is 10.9 Å². The third kappa shape index (κ3) is 6.50. The Balaban J connectivity index is 0.00000288. The second-order valence-electron chi connectivity index (χ2n) is 5.58. The van der Waals surface area contributed by atoms with Crippen LogP contribution in [0.2, 0.25) is 0 Å². The molecule has 9 heteroatoms. The summed E-state index contributed by atoms with van der Waals surface area (Å²) in [4.78, 5) is 4.22. The SMILES string of the molecule is CCNC(=NCc1cc(F)ccc1F)NCC1CCS(=O)(=O)C1.I. The minimum Gasteiger partial charge on any atom is -0.357 e. The molecular formula is C15H22F2IN3O2S. The zero-order chi connectivity index (χ0) is 16.9. The van der Waals surface area contributed by atoms with E-state index in [9.17, 15) is 17.2 Å². The van der Waals surface area contributed by atoms with E-state index in [4.69, 9.17) is 0 Å². The van der Waals surface area contributed by atoms with Gasteiger partial charge in [-0.1, -0.05) is 0 Å². The molecule has 1 atom stereocenters. The molecule has 0 aromatic heterocycles. The molecule has 1 aromatic rings. The quantitative estimate of drug-likeness (QED) is 0.391. The molecule has 1 aliphatic heterocycles. The highest BCUT2D eigenvalue weighted by atomic mass is 127. The molecule has 2 rings (SSSR count). The monoisotopic (exact) mass is 473 g/mol. The van der Waals surface area contributed by atoms with Crippen molar-refractivity contribution < 1.29 is 17.2 Å². The zero-order valence-corrected chi connectivity index (χ0v) is 16.5. The average molecular weight is 473 g/mol. The number of rotatable bonds is 5. The molecule has 1 fully saturated rings. The summed E-state index contributed by atoms with van der Waals surface area (Å²) in [5.74, 6) is -0.103. The largest absolute Gasteiger partial charge is 0.357 e. The first kappa shape index (κ1) is 21.1. The number of nitrogens with one attached hydrogen (secondary N) is 2. The van der Waals surface area contributed by atoms with Crippen LogP contribution in [0.25, 0.3) is 0 Å². The van der Waals surface area contributed by atoms with Crippen molar-refractivity contribution in [3.05, 3.63) is 35.4 Å². The molecule has 1 heterocycles. The number of hydrogen-bond donors (Lipinski definition) is 2. The highest BCUT2D eigenvalue weighted by Crippen LogP contribution is 2.17. The molecule has 1 aliphatic rings. The molecule has 5 nitrogen and oxygen atoms in total. The van der Waals surface area contributed by atoms with E-state index in [2.05, 4.69) is 15.6 Å². The molecule has 1 saturated heterocycles. The van der Waals surface area contributed by atoms with E-state index in [0.29, 0.717) is 25.5 Å². The van der Waals surface area contributed by atoms with Gasteiger partial charge in [0.15, 0.2) is 15.8 Å². The predicted molar refractivity (Wildman–Crippen MR) is 101 cm³/mol. The van der Waals surface area contributed by atoms with Gasteiger partial charge >= 0.3 is 0 Å². The summed E-state index contributed by atoms with van der Waals surface area (Å²) in [7, 11) is -2.91. The number of nitrogens with zero attached hydrogens (tertiary/aromatic N) is 1. The molecular weight excluding hydrogens is 451 g/mol. The lowest BCUT2D eigenvalue weighted by atomic mass is 10.1. The van der Waals surface area contributed by atoms with Crippen LogP contribution in [0.1, 0.15) is 18.9 Å². The van der Waals surface area contributed by atoms with E-state index < -0.39 is 21.5 Å². The average Bonchev–Trinajstić information content (AvgIpc) is 2.84. The summed E-state index contributed by atoms with van der Waals surface area (Å²) in [6, 6.07) is 3.25. The van der Waals surface area contributed by atoms with Crippen LogP contribution in [-0.2, 0) is 16.4 Å². The maximum absolute atomic E-state index is 13.6. The maximum atomic E-state index is 13.6. The van der Waals surface area contributed by atoms with Gasteiger partial charge in [-0.05, 0) is 37.5 Å². The normalized spacial score (nSPS) is 19.6. The Morgan fingerprint density at radius 2 is 2.08 bits per heavy atom. The summed E-state index contributed by atoms with van der Waals surface area (Å²) in [5.41, 5.74) is 0.172. The Morgan fingerprint density at radius 1 is 1.33 bits per heavy atom. The molecule has 24 heavy (non-hydrogen) atoms. The number of guanidine groups is 1. The molecule has 136 valence electrons. The maximum Gasteiger partial charge on any atom is 0.191 e. The van der Waals surface area contributed by atoms with Crippen molar-refractivity contribution in [1.29, 1.82) is 0 Å². The first-order valence-electron chi connectivity index (χ1n) is 7.56. The lowest BCUT2D eigenvalue weighted by molar-refractivity contribution is 0.566. The molecule has 0 bridgehead atoms. The van der Waals surface area contributed by atoms with Gasteiger partial charge in [-0.2, -0.15) is 0 Å². The van der Waals surface area contributed by atoms with Gasteiger partial charge < -0.3 is 10.6 Å². The predicted octanol–water partition coefficient (Wildman–Crippen LogP) is 2.07. The van der Waals surface area contributed by atoms with Crippen LogP contribution in [0.5, 0.6) is 0 Å². The molecule has 0 amide bonds. The third-order valence-electron chi connectivity index (χ3n) is 3.64. The van der Waals surface area contributed by atoms with Gasteiger partial charge in [0.2, 0.25) is 0 Å². The van der Waals surface area contributed by atoms with E-state index in [0.717, 1.165) is 18.2 Å². The molecule has 0 spiro atoms. The van der Waals surface area contributed by atoms with E-state index in [1.54, 1.807) is 0 Å². The van der Waals surface area contributed by atoms with Crippen LogP contribution in [-0.4, -0.2) is 39.0 Å². The van der Waals surface area contributed by atoms with E-state index in [-0.39, 0.29) is 53.5 Å². The summed E-state index contributed by atoms with van der Waals surface area (Å²) in [6.07, 6.45) is 0.632. The van der Waals surface area contributed by atoms with Gasteiger partial charge in [0, 0.05) is 18.7 Å². The Labute approximate surface area is 158 Å². The van der Waals surface area contributed by atoms with Crippen molar-refractivity contribution in [3.63, 3.8) is 0 Å². The van der Waals surface area contributed by atoms with Gasteiger partial charge in [0.25, 0.3) is 0 Å². The van der Waals surface area contributed by atoms with Crippen molar-refractivity contribution in [2.75, 3.05) is 24.6 Å². The Hall–Kier alpha value is -0.970. The van der Waals surface area contributed by atoms with Gasteiger partial charge in [0.05, 0.1) is 18.1 Å². The Morgan fingerprint density at radius 3 is 2.71 bits per heavy atom. The minimum absolute atomic E-state index is 0. The fraction of sp³-hybridized carbons (Fsp3) is 0.533. The standard InChI is InChI=1S/C15H21F2N3O2S.HI/c1-2-18-15(19-8-11-5-6-23(21,22)10-11)20-9-12-7-13(16)3-4-14(12)17;/h3-4,7,11H,2,5-6,8-10H2,1H3,(H2,18,19,20);1H. The highest BCUT2D eigenvalue weighted by molar-refractivity contribution is 14.0. The fourth-order valence-electron chi connectivity index (χ4n) is 2.44. The van der Waals surface area contributed by atoms with E-state index in [1.165, 1.54) is 0 Å². The zero-order valence-electron chi connectivity index (χ0n) is 13.4. The summed E-state index contributed by atoms with van der Waals surface area (Å²) >= 11 is 0.